The van der Waals surface area contributed by atoms with Crippen molar-refractivity contribution in [3.63, 3.8) is 0 Å². The molecule has 0 spiro atoms. The van der Waals surface area contributed by atoms with Crippen LogP contribution in [0.3, 0.4) is 0 Å². The number of nitrogens with zero attached hydrogens (tertiary/aromatic N) is 1. The number of fused-ring (bicyclic) bond motifs is 1. The molecule has 0 aromatic heterocycles. The first kappa shape index (κ1) is 24.8. The molecule has 0 aliphatic carbocycles. The number of halogens is 5. The third-order valence-electron chi connectivity index (χ3n) is 5.26. The van der Waals surface area contributed by atoms with Gasteiger partial charge in [-0.3, -0.25) is 4.90 Å². The molecule has 30 heavy (non-hydrogen) atoms. The molecule has 0 radical (unpaired) electrons. The van der Waals surface area contributed by atoms with Gasteiger partial charge >= 0.3 is 6.18 Å². The van der Waals surface area contributed by atoms with Crippen LogP contribution >= 0.6 is 24.8 Å². The number of rotatable bonds is 4. The van der Waals surface area contributed by atoms with E-state index in [1.807, 2.05) is 24.3 Å². The first-order valence-electron chi connectivity index (χ1n) is 9.46. The van der Waals surface area contributed by atoms with Crippen molar-refractivity contribution >= 4 is 24.8 Å². The molecule has 1 saturated heterocycles. The van der Waals surface area contributed by atoms with Gasteiger partial charge in [-0.1, -0.05) is 30.3 Å². The normalized spacial score (nSPS) is 21.6. The van der Waals surface area contributed by atoms with Gasteiger partial charge in [-0.15, -0.1) is 24.8 Å². The van der Waals surface area contributed by atoms with Gasteiger partial charge in [0.05, 0.1) is 18.2 Å². The van der Waals surface area contributed by atoms with Crippen molar-refractivity contribution in [1.29, 1.82) is 0 Å². The third-order valence-corrected chi connectivity index (χ3v) is 5.26. The van der Waals surface area contributed by atoms with E-state index >= 15 is 0 Å². The van der Waals surface area contributed by atoms with E-state index in [9.17, 15) is 13.2 Å². The number of ether oxygens (including phenoxy) is 2. The lowest BCUT2D eigenvalue weighted by Gasteiger charge is -2.42. The number of para-hydroxylation sites is 1. The van der Waals surface area contributed by atoms with E-state index < -0.39 is 11.7 Å². The molecule has 2 aromatic rings. The average molecular weight is 465 g/mol. The molecule has 166 valence electrons. The van der Waals surface area contributed by atoms with Crippen LogP contribution in [0, 0.1) is 0 Å². The van der Waals surface area contributed by atoms with E-state index in [0.717, 1.165) is 49.6 Å². The zero-order valence-electron chi connectivity index (χ0n) is 16.2. The molecule has 2 unspecified atom stereocenters. The maximum atomic E-state index is 13.0. The summed E-state index contributed by atoms with van der Waals surface area (Å²) in [6.07, 6.45) is -4.60. The Morgan fingerprint density at radius 1 is 1.03 bits per heavy atom. The molecule has 2 atom stereocenters. The van der Waals surface area contributed by atoms with Gasteiger partial charge in [-0.25, -0.2) is 0 Å². The lowest BCUT2D eigenvalue weighted by atomic mass is 9.95. The molecule has 2 aromatic carbocycles. The highest BCUT2D eigenvalue weighted by Crippen LogP contribution is 2.38. The Morgan fingerprint density at radius 3 is 2.50 bits per heavy atom. The zero-order valence-corrected chi connectivity index (χ0v) is 17.9. The Balaban J connectivity index is 0.00000160. The fraction of sp³-hybridized carbons (Fsp3) is 0.429. The molecule has 2 aliphatic heterocycles. The van der Waals surface area contributed by atoms with E-state index in [4.69, 9.17) is 9.47 Å². The maximum absolute atomic E-state index is 13.0. The molecule has 4 rings (SSSR count). The molecular weight excluding hydrogens is 440 g/mol. The number of hydrogen-bond donors (Lipinski definition) is 1. The van der Waals surface area contributed by atoms with Gasteiger partial charge in [0.2, 0.25) is 0 Å². The highest BCUT2D eigenvalue weighted by molar-refractivity contribution is 5.85. The summed E-state index contributed by atoms with van der Waals surface area (Å²) in [5, 5.41) is 3.35. The Hall–Kier alpha value is -1.51. The van der Waals surface area contributed by atoms with Crippen LogP contribution in [0.15, 0.2) is 48.5 Å². The predicted octanol–water partition coefficient (Wildman–Crippen LogP) is 4.47. The van der Waals surface area contributed by atoms with Gasteiger partial charge in [-0.05, 0) is 23.8 Å². The van der Waals surface area contributed by atoms with Gasteiger partial charge in [0.1, 0.15) is 18.5 Å². The summed E-state index contributed by atoms with van der Waals surface area (Å²) in [5.41, 5.74) is 0.926. The van der Waals surface area contributed by atoms with Crippen molar-refractivity contribution in [2.45, 2.75) is 24.9 Å². The van der Waals surface area contributed by atoms with E-state index in [-0.39, 0.29) is 43.6 Å². The third kappa shape index (κ3) is 5.59. The van der Waals surface area contributed by atoms with Gasteiger partial charge in [-0.2, -0.15) is 13.2 Å². The molecule has 9 heteroatoms. The summed E-state index contributed by atoms with van der Waals surface area (Å²) in [5.74, 6) is 0.852. The minimum Gasteiger partial charge on any atom is -0.490 e. The molecular formula is C21H25Cl2F3N2O2. The zero-order chi connectivity index (χ0) is 19.6. The van der Waals surface area contributed by atoms with Crippen molar-refractivity contribution in [3.8, 4) is 5.75 Å². The van der Waals surface area contributed by atoms with E-state index in [1.165, 1.54) is 6.07 Å². The summed E-state index contributed by atoms with van der Waals surface area (Å²) in [6.45, 7) is 4.08. The second kappa shape index (κ2) is 10.7. The van der Waals surface area contributed by atoms with E-state index in [0.29, 0.717) is 12.2 Å². The van der Waals surface area contributed by atoms with Crippen molar-refractivity contribution in [2.75, 3.05) is 32.8 Å². The lowest BCUT2D eigenvalue weighted by molar-refractivity contribution is -0.137. The number of piperazine rings is 1. The van der Waals surface area contributed by atoms with Crippen molar-refractivity contribution in [1.82, 2.24) is 10.2 Å². The number of benzene rings is 2. The first-order valence-corrected chi connectivity index (χ1v) is 9.46. The van der Waals surface area contributed by atoms with Crippen LogP contribution in [0.2, 0.25) is 0 Å². The second-order valence-corrected chi connectivity index (χ2v) is 7.13. The summed E-state index contributed by atoms with van der Waals surface area (Å²) in [6, 6.07) is 13.2. The van der Waals surface area contributed by atoms with Gasteiger partial charge in [0, 0.05) is 31.7 Å². The molecule has 2 heterocycles. The quantitative estimate of drug-likeness (QED) is 0.723. The van der Waals surface area contributed by atoms with Crippen LogP contribution in [0.5, 0.6) is 5.75 Å². The van der Waals surface area contributed by atoms with Gasteiger partial charge < -0.3 is 14.8 Å². The lowest BCUT2D eigenvalue weighted by Crippen LogP contribution is -2.51. The maximum Gasteiger partial charge on any atom is 0.416 e. The summed E-state index contributed by atoms with van der Waals surface area (Å²) < 4.78 is 50.9. The van der Waals surface area contributed by atoms with E-state index in [2.05, 4.69) is 10.2 Å². The Morgan fingerprint density at radius 2 is 1.77 bits per heavy atom. The van der Waals surface area contributed by atoms with Crippen molar-refractivity contribution in [3.05, 3.63) is 65.2 Å². The largest absolute Gasteiger partial charge is 0.490 e. The fourth-order valence-electron chi connectivity index (χ4n) is 3.89. The first-order chi connectivity index (χ1) is 13.5. The minimum atomic E-state index is -4.35. The van der Waals surface area contributed by atoms with E-state index in [1.54, 1.807) is 6.07 Å². The Bertz CT molecular complexity index is 817. The minimum absolute atomic E-state index is 0. The smallest absolute Gasteiger partial charge is 0.416 e. The predicted molar refractivity (Wildman–Crippen MR) is 114 cm³/mol. The van der Waals surface area contributed by atoms with Crippen LogP contribution in [0.25, 0.3) is 0 Å². The average Bonchev–Trinajstić information content (AvgIpc) is 2.72. The molecule has 1 N–H and O–H groups in total. The number of nitrogens with one attached hydrogen (secondary N) is 1. The number of hydrogen-bond acceptors (Lipinski definition) is 4. The van der Waals surface area contributed by atoms with Crippen LogP contribution in [-0.4, -0.2) is 43.8 Å². The Kier molecular flexibility index (Phi) is 8.82. The summed E-state index contributed by atoms with van der Waals surface area (Å²) >= 11 is 0. The molecule has 0 saturated carbocycles. The highest BCUT2D eigenvalue weighted by Gasteiger charge is 2.36. The second-order valence-electron chi connectivity index (χ2n) is 7.13. The Labute approximate surface area is 186 Å². The number of alkyl halides is 3. The summed E-state index contributed by atoms with van der Waals surface area (Å²) in [7, 11) is 0. The van der Waals surface area contributed by atoms with Gasteiger partial charge in [0.25, 0.3) is 0 Å². The fourth-order valence-corrected chi connectivity index (χ4v) is 3.89. The SMILES string of the molecule is Cl.Cl.FC(F)(F)c1cccc(COC2COc3ccccc3C2N2CCNCC2)c1. The standard InChI is InChI=1S/C21H23F3N2O2.2ClH/c22-21(23,24)16-5-3-4-15(12-16)13-27-19-14-28-18-7-2-1-6-17(18)20(19)26-10-8-25-9-11-26;;/h1-7,12,19-20,25H,8-11,13-14H2;2*1H. The monoisotopic (exact) mass is 464 g/mol. The molecule has 4 nitrogen and oxygen atoms in total. The molecule has 0 bridgehead atoms. The molecule has 0 amide bonds. The molecule has 2 aliphatic rings. The topological polar surface area (TPSA) is 33.7 Å². The van der Waals surface area contributed by atoms with Crippen LogP contribution in [0.4, 0.5) is 13.2 Å². The van der Waals surface area contributed by atoms with Crippen LogP contribution in [0.1, 0.15) is 22.7 Å². The van der Waals surface area contributed by atoms with Crippen LogP contribution < -0.4 is 10.1 Å². The van der Waals surface area contributed by atoms with Crippen molar-refractivity contribution < 1.29 is 22.6 Å². The highest BCUT2D eigenvalue weighted by atomic mass is 35.5. The van der Waals surface area contributed by atoms with Gasteiger partial charge in [0.15, 0.2) is 0 Å². The summed E-state index contributed by atoms with van der Waals surface area (Å²) in [4.78, 5) is 2.37. The van der Waals surface area contributed by atoms with Crippen LogP contribution in [-0.2, 0) is 17.5 Å². The van der Waals surface area contributed by atoms with Crippen molar-refractivity contribution in [2.24, 2.45) is 0 Å². The molecule has 1 fully saturated rings.